The monoisotopic (exact) mass is 330 g/mol. The van der Waals surface area contributed by atoms with Crippen LogP contribution in [0.1, 0.15) is 29.6 Å². The first kappa shape index (κ1) is 13.9. The van der Waals surface area contributed by atoms with Crippen LogP contribution in [0.2, 0.25) is 5.15 Å². The number of hydrogen-bond acceptors (Lipinski definition) is 5. The third-order valence-corrected chi connectivity index (χ3v) is 4.96. The highest BCUT2D eigenvalue weighted by Gasteiger charge is 2.27. The van der Waals surface area contributed by atoms with E-state index in [0.717, 1.165) is 28.7 Å². The summed E-state index contributed by atoms with van der Waals surface area (Å²) >= 11 is 7.86. The number of para-hydroxylation sites is 1. The lowest BCUT2D eigenvalue weighted by Gasteiger charge is -2.17. The number of rotatable bonds is 4. The van der Waals surface area contributed by atoms with Gasteiger partial charge in [0, 0.05) is 19.0 Å². The van der Waals surface area contributed by atoms with Crippen LogP contribution in [-0.2, 0) is 6.54 Å². The van der Waals surface area contributed by atoms with Gasteiger partial charge in [0.05, 0.1) is 16.8 Å². The molecule has 0 amide bonds. The van der Waals surface area contributed by atoms with E-state index in [1.54, 1.807) is 11.3 Å². The number of fused-ring (bicyclic) bond motifs is 1. The summed E-state index contributed by atoms with van der Waals surface area (Å²) in [6.45, 7) is 0.719. The maximum Gasteiger partial charge on any atom is 0.135 e. The highest BCUT2D eigenvalue weighted by Crippen LogP contribution is 2.39. The standard InChI is InChI=1S/C16H15ClN4S/c1-21(9-15-18-11-4-2-3-5-12(11)22-15)14-8-13(17)19-16(20-14)10-6-7-10/h2-5,8,10H,6-7,9H2,1H3. The summed E-state index contributed by atoms with van der Waals surface area (Å²) in [6.07, 6.45) is 2.34. The molecule has 0 saturated heterocycles. The quantitative estimate of drug-likeness (QED) is 0.670. The Labute approximate surface area is 137 Å². The second kappa shape index (κ2) is 5.48. The Hall–Kier alpha value is -1.72. The Balaban J connectivity index is 1.59. The van der Waals surface area contributed by atoms with Crippen LogP contribution in [0.15, 0.2) is 30.3 Å². The first-order chi connectivity index (χ1) is 10.7. The first-order valence-electron chi connectivity index (χ1n) is 7.29. The predicted octanol–water partition coefficient (Wildman–Crippen LogP) is 4.25. The lowest BCUT2D eigenvalue weighted by molar-refractivity contribution is 0.850. The van der Waals surface area contributed by atoms with E-state index in [9.17, 15) is 0 Å². The first-order valence-corrected chi connectivity index (χ1v) is 8.48. The summed E-state index contributed by atoms with van der Waals surface area (Å²) in [7, 11) is 2.02. The maximum atomic E-state index is 6.14. The molecule has 1 saturated carbocycles. The lowest BCUT2D eigenvalue weighted by atomic mass is 10.3. The molecule has 2 aromatic heterocycles. The molecule has 0 spiro atoms. The van der Waals surface area contributed by atoms with Crippen molar-refractivity contribution in [1.29, 1.82) is 0 Å². The van der Waals surface area contributed by atoms with Crippen molar-refractivity contribution in [3.8, 4) is 0 Å². The molecule has 4 nitrogen and oxygen atoms in total. The molecule has 2 heterocycles. The Kier molecular flexibility index (Phi) is 3.47. The SMILES string of the molecule is CN(Cc1nc2ccccc2s1)c1cc(Cl)nc(C2CC2)n1. The van der Waals surface area contributed by atoms with Gasteiger partial charge in [0.1, 0.15) is 21.8 Å². The zero-order valence-corrected chi connectivity index (χ0v) is 13.7. The Morgan fingerprint density at radius 1 is 1.23 bits per heavy atom. The molecule has 0 bridgehead atoms. The molecule has 1 aliphatic carbocycles. The second-order valence-electron chi connectivity index (χ2n) is 5.61. The number of hydrogen-bond donors (Lipinski definition) is 0. The summed E-state index contributed by atoms with van der Waals surface area (Å²) < 4.78 is 1.21. The number of thiazole rings is 1. The number of nitrogens with zero attached hydrogens (tertiary/aromatic N) is 4. The van der Waals surface area contributed by atoms with E-state index in [-0.39, 0.29) is 0 Å². The number of aromatic nitrogens is 3. The fourth-order valence-corrected chi connectivity index (χ4v) is 3.62. The molecule has 112 valence electrons. The summed E-state index contributed by atoms with van der Waals surface area (Å²) in [6, 6.07) is 10.0. The molecule has 3 aromatic rings. The molecule has 0 atom stereocenters. The second-order valence-corrected chi connectivity index (χ2v) is 7.12. The Bertz CT molecular complexity index is 795. The molecule has 4 rings (SSSR count). The third kappa shape index (κ3) is 2.78. The zero-order valence-electron chi connectivity index (χ0n) is 12.2. The van der Waals surface area contributed by atoms with Crippen LogP contribution in [0.5, 0.6) is 0 Å². The Morgan fingerprint density at radius 3 is 2.82 bits per heavy atom. The normalized spacial score (nSPS) is 14.5. The van der Waals surface area contributed by atoms with Crippen molar-refractivity contribution in [2.75, 3.05) is 11.9 Å². The molecule has 0 N–H and O–H groups in total. The van der Waals surface area contributed by atoms with E-state index in [1.807, 2.05) is 31.3 Å². The van der Waals surface area contributed by atoms with Crippen molar-refractivity contribution in [3.63, 3.8) is 0 Å². The predicted molar refractivity (Wildman–Crippen MR) is 90.7 cm³/mol. The van der Waals surface area contributed by atoms with E-state index in [0.29, 0.717) is 11.1 Å². The van der Waals surface area contributed by atoms with Gasteiger partial charge in [0.15, 0.2) is 0 Å². The number of benzene rings is 1. The minimum atomic E-state index is 0.494. The molecule has 0 radical (unpaired) electrons. The van der Waals surface area contributed by atoms with Crippen molar-refractivity contribution in [3.05, 3.63) is 46.3 Å². The van der Waals surface area contributed by atoms with Gasteiger partial charge < -0.3 is 4.90 Å². The van der Waals surface area contributed by atoms with Crippen molar-refractivity contribution in [2.45, 2.75) is 25.3 Å². The Morgan fingerprint density at radius 2 is 2.05 bits per heavy atom. The van der Waals surface area contributed by atoms with Gasteiger partial charge in [0.2, 0.25) is 0 Å². The maximum absolute atomic E-state index is 6.14. The number of halogens is 1. The van der Waals surface area contributed by atoms with Gasteiger partial charge in [-0.25, -0.2) is 15.0 Å². The lowest BCUT2D eigenvalue weighted by Crippen LogP contribution is -2.18. The van der Waals surface area contributed by atoms with Crippen LogP contribution in [0.25, 0.3) is 10.2 Å². The number of anilines is 1. The van der Waals surface area contributed by atoms with Crippen molar-refractivity contribution >= 4 is 39.0 Å². The zero-order chi connectivity index (χ0) is 15.1. The van der Waals surface area contributed by atoms with Crippen LogP contribution < -0.4 is 4.90 Å². The summed E-state index contributed by atoms with van der Waals surface area (Å²) in [4.78, 5) is 15.7. The van der Waals surface area contributed by atoms with E-state index in [1.165, 1.54) is 17.5 Å². The average Bonchev–Trinajstić information content (AvgIpc) is 3.27. The van der Waals surface area contributed by atoms with Crippen LogP contribution in [0.4, 0.5) is 5.82 Å². The summed E-state index contributed by atoms with van der Waals surface area (Å²) in [5.74, 6) is 2.23. The van der Waals surface area contributed by atoms with E-state index in [4.69, 9.17) is 11.6 Å². The van der Waals surface area contributed by atoms with Crippen LogP contribution >= 0.6 is 22.9 Å². The average molecular weight is 331 g/mol. The topological polar surface area (TPSA) is 41.9 Å². The smallest absolute Gasteiger partial charge is 0.135 e. The van der Waals surface area contributed by atoms with E-state index >= 15 is 0 Å². The highest BCUT2D eigenvalue weighted by atomic mass is 35.5. The van der Waals surface area contributed by atoms with Crippen LogP contribution in [0, 0.1) is 0 Å². The van der Waals surface area contributed by atoms with E-state index in [2.05, 4.69) is 25.9 Å². The highest BCUT2D eigenvalue weighted by molar-refractivity contribution is 7.18. The fraction of sp³-hybridized carbons (Fsp3) is 0.312. The van der Waals surface area contributed by atoms with Gasteiger partial charge >= 0.3 is 0 Å². The van der Waals surface area contributed by atoms with Gasteiger partial charge in [-0.1, -0.05) is 23.7 Å². The molecule has 1 aliphatic rings. The molecule has 1 aromatic carbocycles. The van der Waals surface area contributed by atoms with Gasteiger partial charge in [-0.2, -0.15) is 0 Å². The summed E-state index contributed by atoms with van der Waals surface area (Å²) in [5, 5.41) is 1.59. The third-order valence-electron chi connectivity index (χ3n) is 3.74. The van der Waals surface area contributed by atoms with Crippen molar-refractivity contribution < 1.29 is 0 Å². The van der Waals surface area contributed by atoms with Crippen molar-refractivity contribution in [2.24, 2.45) is 0 Å². The molecule has 22 heavy (non-hydrogen) atoms. The van der Waals surface area contributed by atoms with Crippen LogP contribution in [0.3, 0.4) is 0 Å². The van der Waals surface area contributed by atoms with Gasteiger partial charge in [-0.05, 0) is 25.0 Å². The van der Waals surface area contributed by atoms with Gasteiger partial charge in [-0.15, -0.1) is 11.3 Å². The van der Waals surface area contributed by atoms with E-state index < -0.39 is 0 Å². The fourth-order valence-electron chi connectivity index (χ4n) is 2.41. The summed E-state index contributed by atoms with van der Waals surface area (Å²) in [5.41, 5.74) is 1.05. The molecule has 0 unspecified atom stereocenters. The molecule has 1 fully saturated rings. The van der Waals surface area contributed by atoms with Gasteiger partial charge in [0.25, 0.3) is 0 Å². The minimum absolute atomic E-state index is 0.494. The molecular formula is C16H15ClN4S. The molecule has 6 heteroatoms. The molecular weight excluding hydrogens is 316 g/mol. The van der Waals surface area contributed by atoms with Crippen LogP contribution in [-0.4, -0.2) is 22.0 Å². The molecule has 0 aliphatic heterocycles. The van der Waals surface area contributed by atoms with Crippen molar-refractivity contribution in [1.82, 2.24) is 15.0 Å². The minimum Gasteiger partial charge on any atom is -0.353 e. The largest absolute Gasteiger partial charge is 0.353 e. The van der Waals surface area contributed by atoms with Gasteiger partial charge in [-0.3, -0.25) is 0 Å².